The van der Waals surface area contributed by atoms with Crippen molar-refractivity contribution in [3.63, 3.8) is 0 Å². The van der Waals surface area contributed by atoms with E-state index in [0.717, 1.165) is 24.1 Å². The molecule has 1 aliphatic rings. The first-order valence-corrected chi connectivity index (χ1v) is 8.85. The number of aromatic nitrogens is 2. The van der Waals surface area contributed by atoms with Crippen LogP contribution in [0.5, 0.6) is 0 Å². The molecule has 2 aromatic heterocycles. The zero-order chi connectivity index (χ0) is 16.0. The summed E-state index contributed by atoms with van der Waals surface area (Å²) in [5.41, 5.74) is 5.12. The molecule has 0 bridgehead atoms. The molecule has 4 rings (SSSR count). The highest BCUT2D eigenvalue weighted by atomic mass is 32.2. The van der Waals surface area contributed by atoms with Crippen molar-refractivity contribution in [1.82, 2.24) is 14.7 Å². The van der Waals surface area contributed by atoms with Gasteiger partial charge in [-0.05, 0) is 38.0 Å². The van der Waals surface area contributed by atoms with Crippen molar-refractivity contribution < 1.29 is 0 Å². The van der Waals surface area contributed by atoms with Crippen LogP contribution < -0.4 is 5.32 Å². The van der Waals surface area contributed by atoms with Crippen LogP contribution in [0, 0.1) is 13.8 Å². The van der Waals surface area contributed by atoms with Gasteiger partial charge in [-0.15, -0.1) is 0 Å². The average molecular weight is 324 g/mol. The molecule has 0 fully saturated rings. The Hall–Kier alpha value is -2.01. The quantitative estimate of drug-likeness (QED) is 0.778. The lowest BCUT2D eigenvalue weighted by Crippen LogP contribution is -2.16. The number of hydrogen-bond acceptors (Lipinski definition) is 4. The molecule has 1 unspecified atom stereocenters. The Morgan fingerprint density at radius 3 is 2.87 bits per heavy atom. The van der Waals surface area contributed by atoms with Crippen molar-refractivity contribution in [3.8, 4) is 0 Å². The van der Waals surface area contributed by atoms with Gasteiger partial charge < -0.3 is 5.32 Å². The smallest absolute Gasteiger partial charge is 0.157 e. The first-order valence-electron chi connectivity index (χ1n) is 7.97. The number of amidine groups is 1. The van der Waals surface area contributed by atoms with Crippen molar-refractivity contribution in [2.45, 2.75) is 26.0 Å². The lowest BCUT2D eigenvalue weighted by molar-refractivity contribution is 0.963. The SMILES string of the molecule is Cc1cnc(C)n2c1c(C(C)SC1=NCCN1)c1ccccc12. The van der Waals surface area contributed by atoms with Crippen molar-refractivity contribution in [3.05, 3.63) is 47.4 Å². The number of para-hydroxylation sites is 1. The van der Waals surface area contributed by atoms with Gasteiger partial charge in [0, 0.05) is 23.4 Å². The summed E-state index contributed by atoms with van der Waals surface area (Å²) in [5, 5.41) is 6.06. The van der Waals surface area contributed by atoms with E-state index < -0.39 is 0 Å². The van der Waals surface area contributed by atoms with Crippen molar-refractivity contribution in [2.24, 2.45) is 4.99 Å². The van der Waals surface area contributed by atoms with Crippen LogP contribution in [-0.4, -0.2) is 27.6 Å². The highest BCUT2D eigenvalue weighted by Gasteiger charge is 2.22. The van der Waals surface area contributed by atoms with Crippen molar-refractivity contribution in [1.29, 1.82) is 0 Å². The number of benzene rings is 1. The first-order chi connectivity index (χ1) is 11.2. The fraction of sp³-hybridized carbons (Fsp3) is 0.333. The van der Waals surface area contributed by atoms with Crippen LogP contribution in [-0.2, 0) is 0 Å². The van der Waals surface area contributed by atoms with E-state index in [9.17, 15) is 0 Å². The summed E-state index contributed by atoms with van der Waals surface area (Å²) in [4.78, 5) is 9.09. The number of hydrogen-bond donors (Lipinski definition) is 1. The summed E-state index contributed by atoms with van der Waals surface area (Å²) >= 11 is 1.81. The number of nitrogens with zero attached hydrogens (tertiary/aromatic N) is 3. The number of nitrogens with one attached hydrogen (secondary N) is 1. The number of aryl methyl sites for hydroxylation is 2. The molecule has 4 nitrogen and oxygen atoms in total. The molecular formula is C18H20N4S. The molecule has 1 N–H and O–H groups in total. The second-order valence-electron chi connectivity index (χ2n) is 5.98. The second kappa shape index (κ2) is 5.57. The average Bonchev–Trinajstić information content (AvgIpc) is 3.16. The Morgan fingerprint density at radius 1 is 1.26 bits per heavy atom. The number of rotatable bonds is 2. The maximum Gasteiger partial charge on any atom is 0.157 e. The third-order valence-corrected chi connectivity index (χ3v) is 5.48. The Labute approximate surface area is 140 Å². The zero-order valence-corrected chi connectivity index (χ0v) is 14.4. The summed E-state index contributed by atoms with van der Waals surface area (Å²) in [6, 6.07) is 8.62. The molecule has 23 heavy (non-hydrogen) atoms. The standard InChI is InChI=1S/C18H20N4S/c1-11-10-21-13(3)22-15-7-5-4-6-14(15)16(17(11)22)12(2)23-18-19-8-9-20-18/h4-7,10,12H,8-9H2,1-3H3,(H,19,20). The summed E-state index contributed by atoms with van der Waals surface area (Å²) in [7, 11) is 0. The fourth-order valence-electron chi connectivity index (χ4n) is 3.39. The van der Waals surface area contributed by atoms with E-state index in [4.69, 9.17) is 0 Å². The molecule has 1 aromatic carbocycles. The van der Waals surface area contributed by atoms with Gasteiger partial charge in [-0.2, -0.15) is 0 Å². The van der Waals surface area contributed by atoms with Crippen LogP contribution in [0.1, 0.15) is 29.1 Å². The molecule has 0 saturated carbocycles. The van der Waals surface area contributed by atoms with Crippen LogP contribution >= 0.6 is 11.8 Å². The largest absolute Gasteiger partial charge is 0.363 e. The van der Waals surface area contributed by atoms with Crippen LogP contribution in [0.3, 0.4) is 0 Å². The van der Waals surface area contributed by atoms with Crippen LogP contribution in [0.2, 0.25) is 0 Å². The molecule has 0 aliphatic carbocycles. The van der Waals surface area contributed by atoms with Crippen LogP contribution in [0.4, 0.5) is 0 Å². The molecule has 3 aromatic rings. The second-order valence-corrected chi connectivity index (χ2v) is 7.31. The van der Waals surface area contributed by atoms with E-state index in [1.165, 1.54) is 27.5 Å². The molecular weight excluding hydrogens is 304 g/mol. The van der Waals surface area contributed by atoms with Gasteiger partial charge >= 0.3 is 0 Å². The third-order valence-electron chi connectivity index (χ3n) is 4.39. The normalized spacial score (nSPS) is 15.9. The summed E-state index contributed by atoms with van der Waals surface area (Å²) in [5.74, 6) is 1.03. The predicted molar refractivity (Wildman–Crippen MR) is 98.5 cm³/mol. The fourth-order valence-corrected chi connectivity index (χ4v) is 4.43. The van der Waals surface area contributed by atoms with E-state index in [0.29, 0.717) is 5.25 Å². The van der Waals surface area contributed by atoms with Crippen LogP contribution in [0.25, 0.3) is 16.4 Å². The maximum atomic E-state index is 4.55. The van der Waals surface area contributed by atoms with Crippen molar-refractivity contribution >= 4 is 33.3 Å². The molecule has 0 spiro atoms. The highest BCUT2D eigenvalue weighted by Crippen LogP contribution is 2.40. The molecule has 1 atom stereocenters. The van der Waals surface area contributed by atoms with Gasteiger partial charge in [-0.25, -0.2) is 4.98 Å². The molecule has 118 valence electrons. The monoisotopic (exact) mass is 324 g/mol. The van der Waals surface area contributed by atoms with E-state index >= 15 is 0 Å². The molecule has 1 aliphatic heterocycles. The van der Waals surface area contributed by atoms with Gasteiger partial charge in [0.2, 0.25) is 0 Å². The highest BCUT2D eigenvalue weighted by molar-refractivity contribution is 8.14. The van der Waals surface area contributed by atoms with Gasteiger partial charge in [-0.3, -0.25) is 9.39 Å². The van der Waals surface area contributed by atoms with E-state index in [2.05, 4.69) is 64.7 Å². The number of thioether (sulfide) groups is 1. The molecule has 0 saturated heterocycles. The number of aliphatic imine (C=N–C) groups is 1. The minimum atomic E-state index is 0.328. The topological polar surface area (TPSA) is 41.7 Å². The summed E-state index contributed by atoms with van der Waals surface area (Å²) in [6.07, 6.45) is 1.98. The lowest BCUT2D eigenvalue weighted by Gasteiger charge is -2.13. The summed E-state index contributed by atoms with van der Waals surface area (Å²) < 4.78 is 2.29. The van der Waals surface area contributed by atoms with Gasteiger partial charge in [0.15, 0.2) is 5.17 Å². The Balaban J connectivity index is 1.97. The zero-order valence-electron chi connectivity index (χ0n) is 13.6. The molecule has 3 heterocycles. The third kappa shape index (κ3) is 2.30. The predicted octanol–water partition coefficient (Wildman–Crippen LogP) is 3.86. The van der Waals surface area contributed by atoms with Gasteiger partial charge in [0.05, 0.1) is 17.6 Å². The minimum Gasteiger partial charge on any atom is -0.363 e. The number of fused-ring (bicyclic) bond motifs is 3. The maximum absolute atomic E-state index is 4.55. The van der Waals surface area contributed by atoms with Gasteiger partial charge in [0.1, 0.15) is 5.82 Å². The van der Waals surface area contributed by atoms with E-state index in [1.807, 2.05) is 18.0 Å². The van der Waals surface area contributed by atoms with Crippen LogP contribution in [0.15, 0.2) is 35.5 Å². The molecule has 5 heteroatoms. The van der Waals surface area contributed by atoms with Gasteiger partial charge in [-0.1, -0.05) is 30.0 Å². The minimum absolute atomic E-state index is 0.328. The van der Waals surface area contributed by atoms with Gasteiger partial charge in [0.25, 0.3) is 0 Å². The summed E-state index contributed by atoms with van der Waals surface area (Å²) in [6.45, 7) is 8.32. The molecule has 0 amide bonds. The Bertz CT molecular complexity index is 926. The van der Waals surface area contributed by atoms with E-state index in [1.54, 1.807) is 0 Å². The Morgan fingerprint density at radius 2 is 2.09 bits per heavy atom. The van der Waals surface area contributed by atoms with Crippen molar-refractivity contribution in [2.75, 3.05) is 13.1 Å². The first kappa shape index (κ1) is 14.6. The lowest BCUT2D eigenvalue weighted by atomic mass is 10.1. The van der Waals surface area contributed by atoms with E-state index in [-0.39, 0.29) is 0 Å². The molecule has 0 radical (unpaired) electrons. The Kier molecular flexibility index (Phi) is 3.53.